The SMILES string of the molecule is Cc1cccc(C2=CC(C(C)(C)CC(C)(C)C)=CC(n3c4ccc(C(C)(C)C)cc4c4cc(C(C)(C)C)ccc43)C2(O)OCCCOc2c(C)cccc2-c2cc(C(C)(C)CC(C)(C)C)cc(-n3c4ccc(C(C)(C)C)cc4c4cc(C(C)(C)C)ccc43)c2O)c1.[Hf]. The first kappa shape index (κ1) is 70.3. The number of benzene rings is 7. The van der Waals surface area contributed by atoms with Gasteiger partial charge < -0.3 is 28.8 Å². The van der Waals surface area contributed by atoms with Crippen molar-refractivity contribution in [2.75, 3.05) is 13.2 Å². The van der Waals surface area contributed by atoms with Crippen molar-refractivity contribution in [3.8, 4) is 28.3 Å². The third-order valence-corrected chi connectivity index (χ3v) is 19.3. The van der Waals surface area contributed by atoms with Gasteiger partial charge >= 0.3 is 0 Å². The Hall–Kier alpha value is -5.99. The number of fused-ring (bicyclic) bond motifs is 6. The van der Waals surface area contributed by atoms with Gasteiger partial charge in [0.15, 0.2) is 0 Å². The van der Waals surface area contributed by atoms with Crippen LogP contribution in [0.25, 0.3) is 66.0 Å². The first-order valence-electron chi connectivity index (χ1n) is 33.6. The summed E-state index contributed by atoms with van der Waals surface area (Å²) in [5, 5.41) is 32.2. The number of aliphatic hydroxyl groups is 1. The molecule has 10 rings (SSSR count). The van der Waals surface area contributed by atoms with Crippen molar-refractivity contribution >= 4 is 49.2 Å². The zero-order valence-corrected chi connectivity index (χ0v) is 64.1. The number of aromatic hydroxyl groups is 1. The van der Waals surface area contributed by atoms with Gasteiger partial charge in [0.05, 0.1) is 29.9 Å². The molecule has 2 atom stereocenters. The summed E-state index contributed by atoms with van der Waals surface area (Å²) in [5.74, 6) is -0.925. The van der Waals surface area contributed by atoms with Crippen LogP contribution >= 0.6 is 0 Å². The number of para-hydroxylation sites is 1. The van der Waals surface area contributed by atoms with Crippen LogP contribution in [0.2, 0.25) is 0 Å². The molecule has 0 saturated carbocycles. The van der Waals surface area contributed by atoms with Crippen molar-refractivity contribution in [2.45, 2.75) is 224 Å². The number of ether oxygens (including phenoxy) is 2. The molecule has 0 fully saturated rings. The van der Waals surface area contributed by atoms with E-state index in [0.29, 0.717) is 18.8 Å². The number of aromatic nitrogens is 2. The average Bonchev–Trinajstić information content (AvgIpc) is 1.49. The van der Waals surface area contributed by atoms with E-state index in [1.807, 2.05) is 0 Å². The zero-order valence-electron chi connectivity index (χ0n) is 60.5. The number of allylic oxidation sites excluding steroid dienone is 2. The van der Waals surface area contributed by atoms with Crippen LogP contribution in [0.5, 0.6) is 11.5 Å². The number of phenols is 1. The van der Waals surface area contributed by atoms with Crippen molar-refractivity contribution in [1.29, 1.82) is 0 Å². The predicted molar refractivity (Wildman–Crippen MR) is 389 cm³/mol. The van der Waals surface area contributed by atoms with E-state index >= 15 is 0 Å². The summed E-state index contributed by atoms with van der Waals surface area (Å²) in [6.07, 6.45) is 6.88. The maximum Gasteiger partial charge on any atom is 0.218 e. The fourth-order valence-electron chi connectivity index (χ4n) is 14.9. The summed E-state index contributed by atoms with van der Waals surface area (Å²) in [4.78, 5) is 0. The molecule has 9 aromatic rings. The second-order valence-electron chi connectivity index (χ2n) is 35.0. The minimum atomic E-state index is -1.83. The molecule has 0 amide bonds. The van der Waals surface area contributed by atoms with Crippen molar-refractivity contribution in [1.82, 2.24) is 9.13 Å². The third kappa shape index (κ3) is 14.0. The summed E-state index contributed by atoms with van der Waals surface area (Å²) in [7, 11) is 0. The molecule has 6 nitrogen and oxygen atoms in total. The molecule has 0 saturated heterocycles. The molecule has 2 unspecified atom stereocenters. The minimum absolute atomic E-state index is 0. The standard InChI is InChI=1S/C85H108N2O4.Hf/c1-53-28-25-30-55(42-53)68-48-61(84(23,24)52-78(6,7)8)50-74(87-71-38-34-58(81(15,16)17)45-65(71)66-46-59(82(18,19)20)35-39-72(66)87)85(68,89)91-41-27-40-90-76-54(2)29-26-31-62(76)67-47-60(83(21,22)51-77(3,4)5)49-73(75(67)88)86-69-36-32-56(79(9,10)11)43-63(69)64-44-57(80(12,13)14)33-37-70(64)86;/h25-26,28-39,42-50,74,88-89H,27,40-41,51-52H2,1-24H3;. The van der Waals surface area contributed by atoms with Crippen LogP contribution in [0.15, 0.2) is 145 Å². The summed E-state index contributed by atoms with van der Waals surface area (Å²) in [6, 6.07) is 46.2. The Morgan fingerprint density at radius 2 is 0.935 bits per heavy atom. The quantitative estimate of drug-likeness (QED) is 0.0647. The van der Waals surface area contributed by atoms with Gasteiger partial charge in [0, 0.05) is 81.5 Å². The first-order valence-corrected chi connectivity index (χ1v) is 33.6. The number of phenolic OH excluding ortho intramolecular Hbond substituents is 1. The van der Waals surface area contributed by atoms with Crippen LogP contribution in [0.4, 0.5) is 0 Å². The van der Waals surface area contributed by atoms with Gasteiger partial charge in [0.1, 0.15) is 17.5 Å². The van der Waals surface area contributed by atoms with Crippen LogP contribution in [0.1, 0.15) is 222 Å². The number of nitrogens with zero attached hydrogens (tertiary/aromatic N) is 2. The molecule has 7 aromatic carbocycles. The van der Waals surface area contributed by atoms with E-state index in [2.05, 4.69) is 315 Å². The van der Waals surface area contributed by atoms with E-state index in [-0.39, 0.29) is 81.5 Å². The van der Waals surface area contributed by atoms with Crippen LogP contribution in [-0.4, -0.2) is 38.3 Å². The van der Waals surface area contributed by atoms with Gasteiger partial charge in [0.2, 0.25) is 5.79 Å². The summed E-state index contributed by atoms with van der Waals surface area (Å²) in [5.41, 5.74) is 16.8. The molecule has 486 valence electrons. The monoisotopic (exact) mass is 1400 g/mol. The molecular formula is C85H108HfN2O4. The number of hydrogen-bond donors (Lipinski definition) is 2. The van der Waals surface area contributed by atoms with Gasteiger partial charge in [-0.3, -0.25) is 0 Å². The van der Waals surface area contributed by atoms with Gasteiger partial charge in [-0.1, -0.05) is 231 Å². The van der Waals surface area contributed by atoms with Gasteiger partial charge in [-0.05, 0) is 181 Å². The Balaban J connectivity index is 0.00001000. The van der Waals surface area contributed by atoms with Crippen molar-refractivity contribution in [3.05, 3.63) is 190 Å². The van der Waals surface area contributed by atoms with Crippen LogP contribution < -0.4 is 4.74 Å². The molecule has 2 heterocycles. The minimum Gasteiger partial charge on any atom is -0.505 e. The third-order valence-electron chi connectivity index (χ3n) is 19.3. The van der Waals surface area contributed by atoms with E-state index in [9.17, 15) is 10.2 Å². The van der Waals surface area contributed by atoms with Crippen LogP contribution in [0.3, 0.4) is 0 Å². The molecule has 7 heteroatoms. The normalized spacial score (nSPS) is 16.6. The Bertz CT molecular complexity index is 4180. The largest absolute Gasteiger partial charge is 0.505 e. The van der Waals surface area contributed by atoms with E-state index in [1.165, 1.54) is 38.6 Å². The molecule has 92 heavy (non-hydrogen) atoms. The zero-order chi connectivity index (χ0) is 66.7. The van der Waals surface area contributed by atoms with Crippen LogP contribution in [0, 0.1) is 30.1 Å². The fourth-order valence-corrected chi connectivity index (χ4v) is 14.9. The Labute approximate surface area is 571 Å². The predicted octanol–water partition coefficient (Wildman–Crippen LogP) is 23.0. The Morgan fingerprint density at radius 1 is 0.478 bits per heavy atom. The maximum atomic E-state index is 14.3. The van der Waals surface area contributed by atoms with Crippen molar-refractivity contribution in [2.24, 2.45) is 16.2 Å². The molecular weight excluding hydrogens is 1290 g/mol. The second-order valence-corrected chi connectivity index (χ2v) is 35.0. The molecule has 0 radical (unpaired) electrons. The molecule has 0 aliphatic heterocycles. The number of hydrogen-bond acceptors (Lipinski definition) is 4. The molecule has 1 aliphatic carbocycles. The van der Waals surface area contributed by atoms with Gasteiger partial charge in [-0.25, -0.2) is 0 Å². The van der Waals surface area contributed by atoms with E-state index < -0.39 is 11.8 Å². The van der Waals surface area contributed by atoms with Crippen LogP contribution in [-0.2, 0) is 57.7 Å². The van der Waals surface area contributed by atoms with Gasteiger partial charge in [-0.2, -0.15) is 0 Å². The number of aryl methyl sites for hydroxylation is 2. The first-order chi connectivity index (χ1) is 42.0. The summed E-state index contributed by atoms with van der Waals surface area (Å²) >= 11 is 0. The average molecular weight is 1400 g/mol. The summed E-state index contributed by atoms with van der Waals surface area (Å²) in [6.45, 7) is 55.3. The van der Waals surface area contributed by atoms with E-state index in [1.54, 1.807) is 0 Å². The second kappa shape index (κ2) is 24.7. The summed E-state index contributed by atoms with van der Waals surface area (Å²) < 4.78 is 19.1. The Kier molecular flexibility index (Phi) is 18.8. The van der Waals surface area contributed by atoms with Gasteiger partial charge in [0.25, 0.3) is 0 Å². The molecule has 2 N–H and O–H groups in total. The maximum absolute atomic E-state index is 14.3. The molecule has 0 spiro atoms. The van der Waals surface area contributed by atoms with E-state index in [0.717, 1.165) is 90.3 Å². The van der Waals surface area contributed by atoms with E-state index in [4.69, 9.17) is 9.47 Å². The smallest absolute Gasteiger partial charge is 0.218 e. The van der Waals surface area contributed by atoms with Crippen molar-refractivity contribution < 1.29 is 45.5 Å². The molecule has 0 bridgehead atoms. The Morgan fingerprint density at radius 3 is 1.40 bits per heavy atom. The number of rotatable bonds is 14. The van der Waals surface area contributed by atoms with Gasteiger partial charge in [-0.15, -0.1) is 0 Å². The topological polar surface area (TPSA) is 68.8 Å². The molecule has 2 aromatic heterocycles. The van der Waals surface area contributed by atoms with Crippen molar-refractivity contribution in [3.63, 3.8) is 0 Å². The molecule has 1 aliphatic rings. The fraction of sp³-hybridized carbons (Fsp3) is 0.459.